The number of hydrogen-bond acceptors (Lipinski definition) is 11. The molecular weight excluding hydrogens is 751 g/mol. The number of allylic oxidation sites excluding steroid dienone is 1. The van der Waals surface area contributed by atoms with E-state index in [1.807, 2.05) is 36.4 Å². The molecule has 7 atom stereocenters. The molecule has 312 valence electrons. The number of nitrogens with one attached hydrogen (secondary N) is 1. The molecule has 0 aromatic heterocycles. The van der Waals surface area contributed by atoms with Crippen LogP contribution in [0.1, 0.15) is 104 Å². The summed E-state index contributed by atoms with van der Waals surface area (Å²) in [6, 6.07) is 16.8. The van der Waals surface area contributed by atoms with E-state index in [0.29, 0.717) is 85.1 Å². The summed E-state index contributed by atoms with van der Waals surface area (Å²) in [5.41, 5.74) is 2.69. The summed E-state index contributed by atoms with van der Waals surface area (Å²) in [5.74, 6) is 3.84. The first-order chi connectivity index (χ1) is 28.2. The summed E-state index contributed by atoms with van der Waals surface area (Å²) in [6.45, 7) is 3.68. The van der Waals surface area contributed by atoms with Crippen molar-refractivity contribution in [3.05, 3.63) is 99.6 Å². The predicted molar refractivity (Wildman–Crippen MR) is 221 cm³/mol. The maximum absolute atomic E-state index is 14.7. The number of anilines is 1. The summed E-state index contributed by atoms with van der Waals surface area (Å²) in [4.78, 5) is 41.0. The third kappa shape index (κ3) is 9.90. The Balaban J connectivity index is 1.36. The Labute approximate surface area is 345 Å². The number of Topliss-reactive ketones (excluding diaryl/α,β-unsaturated/α-hetero) is 1. The van der Waals surface area contributed by atoms with Crippen LogP contribution < -0.4 is 10.1 Å². The standard InChI is InChI=1S/C48H55NO10/c1-47(55,14-15-57-3)28-49-39-19-31(27-50)18-35(22-39)32-10-11-33-25-45(53)58-43-26-42(52)37(23-40(33)43)24-44-48(2,56)38-12-13-41(51)36(21-38)17-30-8-4-6-29(16-30)7-5-9-34(20-32)46(54)59-44/h4,6,8-9,16,18-19,22-23,26,32-33,36,38,44,49-50,52,55-56H,5,7,12-15,17,20-21,24-25,27-28H2,1-3H3. The third-order valence-corrected chi connectivity index (χ3v) is 12.6. The topological polar surface area (TPSA) is 172 Å². The number of methoxy groups -OCH3 is 1. The number of esters is 2. The number of aliphatic hydroxyl groups is 3. The van der Waals surface area contributed by atoms with Crippen molar-refractivity contribution >= 4 is 23.4 Å². The van der Waals surface area contributed by atoms with Crippen LogP contribution in [0.25, 0.3) is 0 Å². The molecule has 3 heterocycles. The number of fused-ring (bicyclic) bond motifs is 8. The van der Waals surface area contributed by atoms with Crippen LogP contribution in [0.2, 0.25) is 0 Å². The van der Waals surface area contributed by atoms with Crippen molar-refractivity contribution in [1.29, 1.82) is 0 Å². The summed E-state index contributed by atoms with van der Waals surface area (Å²) in [7, 11) is 1.58. The lowest BCUT2D eigenvalue weighted by Gasteiger charge is -2.42. The second-order valence-electron chi connectivity index (χ2n) is 17.3. The van der Waals surface area contributed by atoms with Gasteiger partial charge in [-0.3, -0.25) is 9.59 Å². The van der Waals surface area contributed by atoms with Crippen LogP contribution in [-0.2, 0) is 49.7 Å². The van der Waals surface area contributed by atoms with Gasteiger partial charge in [-0.15, -0.1) is 0 Å². The molecule has 1 saturated carbocycles. The Bertz CT molecular complexity index is 2180. The number of hydrogen-bond donors (Lipinski definition) is 5. The molecule has 7 unspecified atom stereocenters. The molecule has 7 rings (SSSR count). The minimum absolute atomic E-state index is 0.0349. The zero-order valence-electron chi connectivity index (χ0n) is 34.1. The average molecular weight is 806 g/mol. The lowest BCUT2D eigenvalue weighted by molar-refractivity contribution is -0.170. The highest BCUT2D eigenvalue weighted by Crippen LogP contribution is 2.43. The predicted octanol–water partition coefficient (Wildman–Crippen LogP) is 5.97. The zero-order valence-corrected chi connectivity index (χ0v) is 34.1. The van der Waals surface area contributed by atoms with Crippen LogP contribution >= 0.6 is 0 Å². The number of carbonyl (C=O) groups is 3. The molecule has 4 aliphatic rings. The molecule has 1 fully saturated rings. The van der Waals surface area contributed by atoms with Gasteiger partial charge in [0.25, 0.3) is 0 Å². The molecule has 59 heavy (non-hydrogen) atoms. The average Bonchev–Trinajstić information content (AvgIpc) is 3.21. The van der Waals surface area contributed by atoms with E-state index < -0.39 is 47.0 Å². The Morgan fingerprint density at radius 3 is 2.58 bits per heavy atom. The minimum atomic E-state index is -1.60. The first-order valence-corrected chi connectivity index (χ1v) is 20.7. The Kier molecular flexibility index (Phi) is 12.6. The van der Waals surface area contributed by atoms with Crippen molar-refractivity contribution in [3.63, 3.8) is 0 Å². The van der Waals surface area contributed by atoms with Crippen molar-refractivity contribution in [2.45, 2.75) is 114 Å². The molecule has 5 N–H and O–H groups in total. The molecule has 1 aliphatic carbocycles. The van der Waals surface area contributed by atoms with Crippen molar-refractivity contribution in [2.75, 3.05) is 25.6 Å². The number of benzene rings is 3. The van der Waals surface area contributed by atoms with E-state index in [1.165, 1.54) is 6.07 Å². The molecule has 3 aromatic carbocycles. The molecule has 3 aliphatic heterocycles. The quantitative estimate of drug-likeness (QED) is 0.103. The second kappa shape index (κ2) is 17.7. The van der Waals surface area contributed by atoms with E-state index in [-0.39, 0.29) is 55.6 Å². The van der Waals surface area contributed by atoms with E-state index in [2.05, 4.69) is 23.2 Å². The molecule has 0 spiro atoms. The molecular formula is C48H55NO10. The van der Waals surface area contributed by atoms with Gasteiger partial charge in [-0.2, -0.15) is 0 Å². The fourth-order valence-corrected chi connectivity index (χ4v) is 8.95. The number of ketones is 1. The Morgan fingerprint density at radius 1 is 0.983 bits per heavy atom. The molecule has 11 nitrogen and oxygen atoms in total. The fraction of sp³-hybridized carbons (Fsp3) is 0.479. The van der Waals surface area contributed by atoms with Gasteiger partial charge in [0.05, 0.1) is 24.5 Å². The first-order valence-electron chi connectivity index (χ1n) is 20.7. The van der Waals surface area contributed by atoms with E-state index in [4.69, 9.17) is 14.2 Å². The van der Waals surface area contributed by atoms with Gasteiger partial charge in [-0.05, 0) is 104 Å². The van der Waals surface area contributed by atoms with Crippen LogP contribution in [0, 0.1) is 23.7 Å². The number of ether oxygens (including phenoxy) is 3. The summed E-state index contributed by atoms with van der Waals surface area (Å²) < 4.78 is 17.2. The van der Waals surface area contributed by atoms with Crippen LogP contribution in [-0.4, -0.2) is 75.7 Å². The minimum Gasteiger partial charge on any atom is -0.508 e. The highest BCUT2D eigenvalue weighted by molar-refractivity contribution is 5.89. The number of aromatic hydroxyl groups is 1. The largest absolute Gasteiger partial charge is 0.508 e. The van der Waals surface area contributed by atoms with Crippen molar-refractivity contribution in [2.24, 2.45) is 11.8 Å². The van der Waals surface area contributed by atoms with Crippen LogP contribution in [0.3, 0.4) is 0 Å². The van der Waals surface area contributed by atoms with Crippen molar-refractivity contribution in [3.8, 4) is 23.3 Å². The molecule has 3 aromatic rings. The highest BCUT2D eigenvalue weighted by atomic mass is 16.6. The number of phenolic OH excluding ortho intramolecular Hbond substituents is 1. The second-order valence-corrected chi connectivity index (χ2v) is 17.3. The maximum Gasteiger partial charge on any atom is 0.334 e. The van der Waals surface area contributed by atoms with Crippen molar-refractivity contribution in [1.82, 2.24) is 0 Å². The summed E-state index contributed by atoms with van der Waals surface area (Å²) >= 11 is 0. The summed E-state index contributed by atoms with van der Waals surface area (Å²) in [6.07, 6.45) is 3.94. The Hall–Kier alpha value is -4.99. The maximum atomic E-state index is 14.7. The highest BCUT2D eigenvalue weighted by Gasteiger charge is 2.46. The van der Waals surface area contributed by atoms with Gasteiger partial charge >= 0.3 is 11.9 Å². The van der Waals surface area contributed by atoms with E-state index in [9.17, 15) is 34.8 Å². The molecule has 0 radical (unpaired) electrons. The van der Waals surface area contributed by atoms with Gasteiger partial charge in [-0.25, -0.2) is 4.79 Å². The van der Waals surface area contributed by atoms with Gasteiger partial charge < -0.3 is 40.0 Å². The Morgan fingerprint density at radius 2 is 1.78 bits per heavy atom. The van der Waals surface area contributed by atoms with Gasteiger partial charge in [0.2, 0.25) is 0 Å². The van der Waals surface area contributed by atoms with Gasteiger partial charge in [0.1, 0.15) is 29.0 Å². The molecule has 0 amide bonds. The molecule has 0 saturated heterocycles. The van der Waals surface area contributed by atoms with Crippen LogP contribution in [0.4, 0.5) is 5.69 Å². The smallest absolute Gasteiger partial charge is 0.334 e. The lowest BCUT2D eigenvalue weighted by Crippen LogP contribution is -2.52. The lowest BCUT2D eigenvalue weighted by atomic mass is 9.68. The summed E-state index contributed by atoms with van der Waals surface area (Å²) in [5, 5.41) is 48.6. The zero-order chi connectivity index (χ0) is 41.9. The van der Waals surface area contributed by atoms with Crippen LogP contribution in [0.15, 0.2) is 66.2 Å². The van der Waals surface area contributed by atoms with Gasteiger partial charge in [0.15, 0.2) is 0 Å². The van der Waals surface area contributed by atoms with E-state index in [1.54, 1.807) is 33.1 Å². The SMILES string of the molecule is COCCC(C)(O)CNc1cc(CO)cc(C2C#CC3CC(=O)Oc4cc(O)c(cc43)CC3OC(=O)C(=CCCc4cccc(c4)CC4CC(CCC4=O)C3(C)O)C2)c1. The van der Waals surface area contributed by atoms with Gasteiger partial charge in [0, 0.05) is 74.3 Å². The first kappa shape index (κ1) is 42.1. The third-order valence-electron chi connectivity index (χ3n) is 12.6. The number of phenols is 1. The number of rotatable bonds is 8. The number of aliphatic hydroxyl groups excluding tert-OH is 1. The van der Waals surface area contributed by atoms with E-state index in [0.717, 1.165) is 11.1 Å². The normalized spacial score (nSPS) is 26.8. The van der Waals surface area contributed by atoms with Gasteiger partial charge in [-0.1, -0.05) is 48.2 Å². The molecule has 8 bridgehead atoms. The van der Waals surface area contributed by atoms with Crippen molar-refractivity contribution < 1.29 is 49.0 Å². The fourth-order valence-electron chi connectivity index (χ4n) is 8.95. The number of carbonyl (C=O) groups excluding carboxylic acids is 3. The monoisotopic (exact) mass is 805 g/mol. The molecule has 11 heteroatoms. The van der Waals surface area contributed by atoms with E-state index >= 15 is 0 Å². The number of aryl methyl sites for hydroxylation is 1. The van der Waals surface area contributed by atoms with Crippen LogP contribution in [0.5, 0.6) is 11.5 Å².